The summed E-state index contributed by atoms with van der Waals surface area (Å²) in [5, 5.41) is 15.7. The summed E-state index contributed by atoms with van der Waals surface area (Å²) >= 11 is 0. The molecule has 8 heteroatoms. The first kappa shape index (κ1) is 26.0. The maximum absolute atomic E-state index is 13.2. The molecule has 37 heavy (non-hydrogen) atoms. The number of aryl methyl sites for hydroxylation is 1. The van der Waals surface area contributed by atoms with Crippen LogP contribution in [0, 0.1) is 25.2 Å². The van der Waals surface area contributed by atoms with Crippen LogP contribution in [0.4, 0.5) is 5.69 Å². The van der Waals surface area contributed by atoms with Crippen molar-refractivity contribution in [3.63, 3.8) is 0 Å². The quantitative estimate of drug-likeness (QED) is 0.419. The van der Waals surface area contributed by atoms with Crippen LogP contribution in [0.15, 0.2) is 48.8 Å². The van der Waals surface area contributed by atoms with Gasteiger partial charge in [-0.25, -0.2) is 0 Å². The average molecular weight is 500 g/mol. The van der Waals surface area contributed by atoms with Crippen LogP contribution in [-0.2, 0) is 22.6 Å². The fourth-order valence-corrected chi connectivity index (χ4v) is 4.63. The lowest BCUT2D eigenvalue weighted by Gasteiger charge is -2.31. The van der Waals surface area contributed by atoms with Crippen molar-refractivity contribution in [2.75, 3.05) is 24.6 Å². The first-order valence-corrected chi connectivity index (χ1v) is 12.8. The molecule has 0 fully saturated rings. The Bertz CT molecular complexity index is 1310. The highest BCUT2D eigenvalue weighted by Gasteiger charge is 2.24. The monoisotopic (exact) mass is 499 g/mol. The van der Waals surface area contributed by atoms with Crippen molar-refractivity contribution < 1.29 is 14.3 Å². The summed E-state index contributed by atoms with van der Waals surface area (Å²) in [6, 6.07) is 14.0. The normalized spacial score (nSPS) is 12.5. The first-order chi connectivity index (χ1) is 18.0. The first-order valence-electron chi connectivity index (χ1n) is 12.8. The Labute approximate surface area is 217 Å². The predicted octanol–water partition coefficient (Wildman–Crippen LogP) is 4.34. The lowest BCUT2D eigenvalue weighted by molar-refractivity contribution is -0.122. The fraction of sp³-hybridized carbons (Fsp3) is 0.379. The Morgan fingerprint density at radius 3 is 2.86 bits per heavy atom. The van der Waals surface area contributed by atoms with Crippen LogP contribution in [0.3, 0.4) is 0 Å². The number of fused-ring (bicyclic) bond motifs is 1. The van der Waals surface area contributed by atoms with Gasteiger partial charge in [0.1, 0.15) is 12.3 Å². The molecular weight excluding hydrogens is 466 g/mol. The lowest BCUT2D eigenvalue weighted by atomic mass is 9.93. The molecule has 4 rings (SSSR count). The number of carbonyl (C=O) groups excluding carboxylic acids is 2. The van der Waals surface area contributed by atoms with Gasteiger partial charge < -0.3 is 15.0 Å². The van der Waals surface area contributed by atoms with E-state index in [0.717, 1.165) is 46.5 Å². The van der Waals surface area contributed by atoms with Gasteiger partial charge in [-0.2, -0.15) is 10.4 Å². The number of nitrogens with zero attached hydrogens (tertiary/aromatic N) is 4. The van der Waals surface area contributed by atoms with Crippen LogP contribution in [0.25, 0.3) is 11.1 Å². The molecule has 0 spiro atoms. The van der Waals surface area contributed by atoms with Crippen LogP contribution in [-0.4, -0.2) is 41.3 Å². The standard InChI is InChI=1S/C29H33N5O3/c1-21-8-3-12-27(22(21)2)37-17-6-13-29(36)34-16-5-10-25-24(9-4-11-26(25)34)23-18-32-33(19-23)20-28(35)31-15-7-14-30/h3-4,8-9,11-12,18-19H,5-7,10,13,15-17,20H2,1-2H3,(H,31,35). The summed E-state index contributed by atoms with van der Waals surface area (Å²) in [5.74, 6) is 0.798. The van der Waals surface area contributed by atoms with Gasteiger partial charge in [0.25, 0.3) is 0 Å². The number of carbonyl (C=O) groups is 2. The van der Waals surface area contributed by atoms with E-state index in [4.69, 9.17) is 10.00 Å². The third-order valence-corrected chi connectivity index (χ3v) is 6.71. The topological polar surface area (TPSA) is 100 Å². The zero-order valence-electron chi connectivity index (χ0n) is 21.5. The second-order valence-electron chi connectivity index (χ2n) is 9.29. The lowest BCUT2D eigenvalue weighted by Crippen LogP contribution is -2.35. The number of benzene rings is 2. The summed E-state index contributed by atoms with van der Waals surface area (Å²) in [4.78, 5) is 27.1. The third-order valence-electron chi connectivity index (χ3n) is 6.71. The molecule has 2 aromatic carbocycles. The molecular formula is C29H33N5O3. The van der Waals surface area contributed by atoms with E-state index in [0.29, 0.717) is 32.5 Å². The molecule has 8 nitrogen and oxygen atoms in total. The maximum atomic E-state index is 13.2. The Balaban J connectivity index is 1.39. The van der Waals surface area contributed by atoms with Gasteiger partial charge in [-0.1, -0.05) is 24.3 Å². The average Bonchev–Trinajstić information content (AvgIpc) is 3.36. The zero-order chi connectivity index (χ0) is 26.2. The number of hydrogen-bond acceptors (Lipinski definition) is 5. The molecule has 1 aliphatic heterocycles. The van der Waals surface area contributed by atoms with E-state index in [9.17, 15) is 9.59 Å². The van der Waals surface area contributed by atoms with Gasteiger partial charge in [-0.05, 0) is 67.5 Å². The van der Waals surface area contributed by atoms with Crippen LogP contribution in [0.5, 0.6) is 5.75 Å². The van der Waals surface area contributed by atoms with Crippen LogP contribution in [0.1, 0.15) is 42.4 Å². The molecule has 0 atom stereocenters. The Kier molecular flexibility index (Phi) is 8.57. The SMILES string of the molecule is Cc1cccc(OCCCC(=O)N2CCCc3c(-c4cnn(CC(=O)NCCC#N)c4)cccc32)c1C. The number of hydrogen-bond donors (Lipinski definition) is 1. The number of nitriles is 1. The van der Waals surface area contributed by atoms with Gasteiger partial charge >= 0.3 is 0 Å². The van der Waals surface area contributed by atoms with E-state index in [1.807, 2.05) is 54.4 Å². The van der Waals surface area contributed by atoms with Crippen molar-refractivity contribution in [1.82, 2.24) is 15.1 Å². The van der Waals surface area contributed by atoms with Crippen molar-refractivity contribution in [3.8, 4) is 22.9 Å². The van der Waals surface area contributed by atoms with Gasteiger partial charge in [-0.3, -0.25) is 14.3 Å². The molecule has 0 bridgehead atoms. The van der Waals surface area contributed by atoms with E-state index < -0.39 is 0 Å². The number of rotatable bonds is 10. The van der Waals surface area contributed by atoms with Crippen LogP contribution < -0.4 is 15.0 Å². The molecule has 1 aromatic heterocycles. The molecule has 2 heterocycles. The van der Waals surface area contributed by atoms with Crippen molar-refractivity contribution in [1.29, 1.82) is 5.26 Å². The summed E-state index contributed by atoms with van der Waals surface area (Å²) in [7, 11) is 0. The molecule has 0 saturated carbocycles. The van der Waals surface area contributed by atoms with Crippen molar-refractivity contribution in [2.24, 2.45) is 0 Å². The van der Waals surface area contributed by atoms with Gasteiger partial charge in [0.15, 0.2) is 0 Å². The van der Waals surface area contributed by atoms with Gasteiger partial charge in [0.05, 0.1) is 25.3 Å². The van der Waals surface area contributed by atoms with Gasteiger partial charge in [0, 0.05) is 37.0 Å². The number of anilines is 1. The summed E-state index contributed by atoms with van der Waals surface area (Å²) in [6.45, 7) is 5.74. The molecule has 0 saturated heterocycles. The number of aromatic nitrogens is 2. The van der Waals surface area contributed by atoms with E-state index in [1.165, 1.54) is 5.56 Å². The minimum absolute atomic E-state index is 0.0925. The minimum atomic E-state index is -0.182. The zero-order valence-corrected chi connectivity index (χ0v) is 21.5. The number of amides is 2. The number of ether oxygens (including phenoxy) is 1. The molecule has 2 amide bonds. The Morgan fingerprint density at radius 1 is 1.19 bits per heavy atom. The number of nitrogens with one attached hydrogen (secondary N) is 1. The molecule has 1 aliphatic rings. The fourth-order valence-electron chi connectivity index (χ4n) is 4.63. The van der Waals surface area contributed by atoms with E-state index >= 15 is 0 Å². The van der Waals surface area contributed by atoms with E-state index in [2.05, 4.69) is 23.4 Å². The second kappa shape index (κ2) is 12.2. The van der Waals surface area contributed by atoms with Crippen molar-refractivity contribution >= 4 is 17.5 Å². The molecule has 3 aromatic rings. The molecule has 0 aliphatic carbocycles. The highest BCUT2D eigenvalue weighted by molar-refractivity contribution is 5.96. The highest BCUT2D eigenvalue weighted by Crippen LogP contribution is 2.35. The molecule has 0 radical (unpaired) electrons. The van der Waals surface area contributed by atoms with Gasteiger partial charge in [0.2, 0.25) is 11.8 Å². The smallest absolute Gasteiger partial charge is 0.241 e. The van der Waals surface area contributed by atoms with Crippen LogP contribution in [0.2, 0.25) is 0 Å². The second-order valence-corrected chi connectivity index (χ2v) is 9.29. The largest absolute Gasteiger partial charge is 0.493 e. The highest BCUT2D eigenvalue weighted by atomic mass is 16.5. The van der Waals surface area contributed by atoms with Gasteiger partial charge in [-0.15, -0.1) is 0 Å². The summed E-state index contributed by atoms with van der Waals surface area (Å²) in [6.07, 6.45) is 6.73. The Morgan fingerprint density at radius 2 is 2.03 bits per heavy atom. The third kappa shape index (κ3) is 6.36. The summed E-state index contributed by atoms with van der Waals surface area (Å²) in [5.41, 5.74) is 6.35. The summed E-state index contributed by atoms with van der Waals surface area (Å²) < 4.78 is 7.53. The van der Waals surface area contributed by atoms with Crippen molar-refractivity contribution in [3.05, 3.63) is 65.5 Å². The molecule has 1 N–H and O–H groups in total. The molecule has 0 unspecified atom stereocenters. The minimum Gasteiger partial charge on any atom is -0.493 e. The van der Waals surface area contributed by atoms with E-state index in [-0.39, 0.29) is 24.8 Å². The van der Waals surface area contributed by atoms with Crippen LogP contribution >= 0.6 is 0 Å². The van der Waals surface area contributed by atoms with E-state index in [1.54, 1.807) is 10.9 Å². The Hall–Kier alpha value is -4.12. The molecule has 192 valence electrons. The maximum Gasteiger partial charge on any atom is 0.241 e. The van der Waals surface area contributed by atoms with Crippen molar-refractivity contribution in [2.45, 2.75) is 52.5 Å². The predicted molar refractivity (Wildman–Crippen MR) is 142 cm³/mol.